The van der Waals surface area contributed by atoms with E-state index in [2.05, 4.69) is 5.32 Å². The summed E-state index contributed by atoms with van der Waals surface area (Å²) in [4.78, 5) is 59.3. The summed E-state index contributed by atoms with van der Waals surface area (Å²) in [6.07, 6.45) is -5.85. The van der Waals surface area contributed by atoms with Crippen LogP contribution in [0.4, 0.5) is 4.79 Å². The van der Waals surface area contributed by atoms with E-state index in [1.54, 1.807) is 20.8 Å². The van der Waals surface area contributed by atoms with Crippen molar-refractivity contribution in [2.24, 2.45) is 0 Å². The predicted octanol–water partition coefficient (Wildman–Crippen LogP) is 1.78. The van der Waals surface area contributed by atoms with Crippen LogP contribution in [0.5, 0.6) is 0 Å². The van der Waals surface area contributed by atoms with Crippen LogP contribution in [0.2, 0.25) is 0 Å². The molecule has 1 aliphatic heterocycles. The molecule has 212 valence electrons. The van der Waals surface area contributed by atoms with E-state index in [1.165, 1.54) is 6.92 Å². The molecule has 0 aromatic heterocycles. The molecule has 0 radical (unpaired) electrons. The third-order valence-corrected chi connectivity index (χ3v) is 4.77. The summed E-state index contributed by atoms with van der Waals surface area (Å²) in [6, 6.07) is -0.508. The van der Waals surface area contributed by atoms with Gasteiger partial charge in [0.15, 0.2) is 24.6 Å². The summed E-state index contributed by atoms with van der Waals surface area (Å²) >= 11 is 0. The molecule has 0 aliphatic carbocycles. The number of amides is 1. The molecule has 1 N–H and O–H groups in total. The molecule has 13 heteroatoms. The van der Waals surface area contributed by atoms with Gasteiger partial charge in [-0.2, -0.15) is 0 Å². The molecule has 0 saturated carbocycles. The van der Waals surface area contributed by atoms with Gasteiger partial charge in [-0.05, 0) is 27.2 Å². The Hall–Kier alpha value is -2.93. The van der Waals surface area contributed by atoms with Gasteiger partial charge in [0, 0.05) is 27.7 Å². The second-order valence-corrected chi connectivity index (χ2v) is 9.53. The molecular formula is C24H39NO12. The fourth-order valence-corrected chi connectivity index (χ4v) is 3.55. The summed E-state index contributed by atoms with van der Waals surface area (Å²) in [5.74, 6) is -2.85. The molecule has 1 fully saturated rings. The molecular weight excluding hydrogens is 494 g/mol. The Balaban J connectivity index is 3.24. The van der Waals surface area contributed by atoms with Crippen LogP contribution in [0.25, 0.3) is 0 Å². The highest BCUT2D eigenvalue weighted by atomic mass is 16.7. The predicted molar refractivity (Wildman–Crippen MR) is 126 cm³/mol. The van der Waals surface area contributed by atoms with Gasteiger partial charge in [0.25, 0.3) is 0 Å². The molecule has 6 unspecified atom stereocenters. The van der Waals surface area contributed by atoms with Crippen LogP contribution in [0.1, 0.15) is 68.2 Å². The maximum absolute atomic E-state index is 12.3. The number of nitrogens with one attached hydrogen (secondary N) is 1. The minimum absolute atomic E-state index is 0.0964. The number of carbonyl (C=O) groups excluding carboxylic acids is 5. The first-order valence-electron chi connectivity index (χ1n) is 12.0. The Morgan fingerprint density at radius 1 is 0.838 bits per heavy atom. The van der Waals surface area contributed by atoms with E-state index in [0.29, 0.717) is 12.8 Å². The highest BCUT2D eigenvalue weighted by Crippen LogP contribution is 2.30. The van der Waals surface area contributed by atoms with Crippen LogP contribution in [0.15, 0.2) is 0 Å². The lowest BCUT2D eigenvalue weighted by Gasteiger charge is -2.44. The smallest absolute Gasteiger partial charge is 0.407 e. The third kappa shape index (κ3) is 12.2. The van der Waals surface area contributed by atoms with Crippen molar-refractivity contribution in [2.45, 2.75) is 111 Å². The van der Waals surface area contributed by atoms with Crippen LogP contribution < -0.4 is 5.32 Å². The van der Waals surface area contributed by atoms with Gasteiger partial charge in [-0.3, -0.25) is 19.2 Å². The lowest BCUT2D eigenvalue weighted by atomic mass is 9.98. The van der Waals surface area contributed by atoms with E-state index >= 15 is 0 Å². The van der Waals surface area contributed by atoms with Crippen molar-refractivity contribution in [1.29, 1.82) is 0 Å². The molecule has 6 atom stereocenters. The Bertz CT molecular complexity index is 808. The maximum atomic E-state index is 12.3. The molecule has 37 heavy (non-hydrogen) atoms. The first kappa shape index (κ1) is 32.1. The number of hydrogen-bond donors (Lipinski definition) is 1. The number of carbonyl (C=O) groups is 5. The zero-order chi connectivity index (χ0) is 28.3. The van der Waals surface area contributed by atoms with Gasteiger partial charge in [0.1, 0.15) is 18.3 Å². The Morgan fingerprint density at radius 3 is 1.86 bits per heavy atom. The Kier molecular flexibility index (Phi) is 12.8. The zero-order valence-electron chi connectivity index (χ0n) is 22.7. The lowest BCUT2D eigenvalue weighted by molar-refractivity contribution is -0.309. The first-order valence-corrected chi connectivity index (χ1v) is 12.0. The molecule has 1 rings (SSSR count). The fraction of sp³-hybridized carbons (Fsp3) is 0.792. The van der Waals surface area contributed by atoms with Gasteiger partial charge in [0.2, 0.25) is 0 Å². The second-order valence-electron chi connectivity index (χ2n) is 9.53. The molecule has 1 amide bonds. The van der Waals surface area contributed by atoms with E-state index in [1.807, 2.05) is 6.92 Å². The molecule has 1 saturated heterocycles. The molecule has 0 aromatic carbocycles. The van der Waals surface area contributed by atoms with Crippen LogP contribution in [0.3, 0.4) is 0 Å². The maximum Gasteiger partial charge on any atom is 0.407 e. The number of rotatable bonds is 11. The lowest BCUT2D eigenvalue weighted by Crippen LogP contribution is -2.63. The topological polar surface area (TPSA) is 162 Å². The minimum atomic E-state index is -1.34. The molecule has 13 nitrogen and oxygen atoms in total. The summed E-state index contributed by atoms with van der Waals surface area (Å²) in [6.45, 7) is 11.2. The van der Waals surface area contributed by atoms with E-state index in [-0.39, 0.29) is 13.2 Å². The average Bonchev–Trinajstić information content (AvgIpc) is 2.72. The first-order chi connectivity index (χ1) is 17.1. The van der Waals surface area contributed by atoms with Crippen molar-refractivity contribution in [3.05, 3.63) is 0 Å². The standard InChI is InChI=1S/C24H39NO12/c1-9-10-17(25-23(30)37-24(6,7)8)11-32-22-21(35-16(5)29)20(34-15(4)28)19(33-14(3)27)18(36-22)12-31-13(2)26/h17-22H,9-12H2,1-8H3,(H,25,30). The van der Waals surface area contributed by atoms with Crippen molar-refractivity contribution < 1.29 is 57.1 Å². The third-order valence-electron chi connectivity index (χ3n) is 4.77. The molecule has 1 heterocycles. The van der Waals surface area contributed by atoms with E-state index in [9.17, 15) is 24.0 Å². The largest absolute Gasteiger partial charge is 0.463 e. The van der Waals surface area contributed by atoms with Crippen molar-refractivity contribution in [3.63, 3.8) is 0 Å². The van der Waals surface area contributed by atoms with Crippen molar-refractivity contribution in [3.8, 4) is 0 Å². The normalized spacial score (nSPS) is 24.3. The van der Waals surface area contributed by atoms with Crippen LogP contribution in [-0.2, 0) is 52.3 Å². The van der Waals surface area contributed by atoms with Gasteiger partial charge < -0.3 is 38.5 Å². The number of alkyl carbamates (subject to hydrolysis) is 1. The van der Waals surface area contributed by atoms with E-state index in [0.717, 1.165) is 20.8 Å². The Labute approximate surface area is 216 Å². The van der Waals surface area contributed by atoms with E-state index in [4.69, 9.17) is 33.2 Å². The van der Waals surface area contributed by atoms with Gasteiger partial charge in [-0.1, -0.05) is 13.3 Å². The monoisotopic (exact) mass is 533 g/mol. The summed E-state index contributed by atoms with van der Waals surface area (Å²) in [7, 11) is 0. The van der Waals surface area contributed by atoms with Crippen molar-refractivity contribution in [2.75, 3.05) is 13.2 Å². The van der Waals surface area contributed by atoms with Crippen molar-refractivity contribution >= 4 is 30.0 Å². The van der Waals surface area contributed by atoms with Crippen molar-refractivity contribution in [1.82, 2.24) is 5.32 Å². The molecule has 0 spiro atoms. The quantitative estimate of drug-likeness (QED) is 0.303. The Morgan fingerprint density at radius 2 is 1.38 bits per heavy atom. The fourth-order valence-electron chi connectivity index (χ4n) is 3.55. The SMILES string of the molecule is CCCC(COC1OC(COC(C)=O)C(OC(C)=O)C(OC(C)=O)C1OC(C)=O)NC(=O)OC(C)(C)C. The van der Waals surface area contributed by atoms with Gasteiger partial charge in [0.05, 0.1) is 12.6 Å². The molecule has 0 bridgehead atoms. The zero-order valence-corrected chi connectivity index (χ0v) is 22.7. The molecule has 1 aliphatic rings. The van der Waals surface area contributed by atoms with Crippen LogP contribution >= 0.6 is 0 Å². The average molecular weight is 534 g/mol. The summed E-state index contributed by atoms with van der Waals surface area (Å²) < 4.78 is 38.2. The highest BCUT2D eigenvalue weighted by Gasteiger charge is 2.52. The van der Waals surface area contributed by atoms with E-state index < -0.39 is 72.3 Å². The summed E-state index contributed by atoms with van der Waals surface area (Å²) in [5, 5.41) is 2.73. The summed E-state index contributed by atoms with van der Waals surface area (Å²) in [5.41, 5.74) is -0.707. The number of esters is 4. The minimum Gasteiger partial charge on any atom is -0.463 e. The van der Waals surface area contributed by atoms with Crippen LogP contribution in [0, 0.1) is 0 Å². The highest BCUT2D eigenvalue weighted by molar-refractivity contribution is 5.69. The molecule has 0 aromatic rings. The van der Waals surface area contributed by atoms with Gasteiger partial charge in [-0.15, -0.1) is 0 Å². The second kappa shape index (κ2) is 14.7. The number of ether oxygens (including phenoxy) is 7. The number of hydrogen-bond acceptors (Lipinski definition) is 12. The van der Waals surface area contributed by atoms with Crippen LogP contribution in [-0.4, -0.2) is 85.5 Å². The van der Waals surface area contributed by atoms with Gasteiger partial charge in [-0.25, -0.2) is 4.79 Å². The van der Waals surface area contributed by atoms with Gasteiger partial charge >= 0.3 is 30.0 Å².